The fourth-order valence-corrected chi connectivity index (χ4v) is 2.17. The zero-order valence-electron chi connectivity index (χ0n) is 8.87. The Bertz CT molecular complexity index is 329. The fraction of sp³-hybridized carbons (Fsp3) is 0.500. The number of hydrogen-bond acceptors (Lipinski definition) is 2. The molecule has 1 heterocycles. The van der Waals surface area contributed by atoms with Crippen LogP contribution in [0.3, 0.4) is 0 Å². The second-order valence-corrected chi connectivity index (χ2v) is 4.04. The summed E-state index contributed by atoms with van der Waals surface area (Å²) in [6, 6.07) is 7.11. The summed E-state index contributed by atoms with van der Waals surface area (Å²) in [6.07, 6.45) is 0.953. The molecule has 1 fully saturated rings. The molecule has 2 atom stereocenters. The Hall–Kier alpha value is -0.930. The standard InChI is InChI=1S/C12H16FNO/c1-15-8-9-6-12(14-7-9)10-4-2-3-5-11(10)13/h2-5,9,12,14H,6-8H2,1H3. The molecule has 0 aromatic heterocycles. The van der Waals surface area contributed by atoms with Crippen LogP contribution in [0.15, 0.2) is 24.3 Å². The maximum atomic E-state index is 13.5. The van der Waals surface area contributed by atoms with E-state index in [0.717, 1.165) is 25.1 Å². The first kappa shape index (κ1) is 10.6. The summed E-state index contributed by atoms with van der Waals surface area (Å²) in [7, 11) is 1.70. The van der Waals surface area contributed by atoms with Crippen LogP contribution in [-0.4, -0.2) is 20.3 Å². The topological polar surface area (TPSA) is 21.3 Å². The number of ether oxygens (including phenoxy) is 1. The van der Waals surface area contributed by atoms with Crippen LogP contribution in [-0.2, 0) is 4.74 Å². The van der Waals surface area contributed by atoms with Gasteiger partial charge in [-0.05, 0) is 18.4 Å². The van der Waals surface area contributed by atoms with Crippen molar-refractivity contribution in [2.45, 2.75) is 12.5 Å². The van der Waals surface area contributed by atoms with E-state index in [4.69, 9.17) is 4.74 Å². The van der Waals surface area contributed by atoms with E-state index in [9.17, 15) is 4.39 Å². The normalized spacial score (nSPS) is 25.7. The van der Waals surface area contributed by atoms with Gasteiger partial charge in [0.2, 0.25) is 0 Å². The molecule has 3 heteroatoms. The first-order valence-corrected chi connectivity index (χ1v) is 5.28. The van der Waals surface area contributed by atoms with Crippen molar-refractivity contribution in [2.24, 2.45) is 5.92 Å². The van der Waals surface area contributed by atoms with Gasteiger partial charge < -0.3 is 10.1 Å². The third-order valence-corrected chi connectivity index (χ3v) is 2.90. The molecule has 1 saturated heterocycles. The Morgan fingerprint density at radius 3 is 3.00 bits per heavy atom. The summed E-state index contributed by atoms with van der Waals surface area (Å²) < 4.78 is 18.6. The Labute approximate surface area is 89.4 Å². The molecule has 15 heavy (non-hydrogen) atoms. The molecule has 1 N–H and O–H groups in total. The monoisotopic (exact) mass is 209 g/mol. The van der Waals surface area contributed by atoms with Crippen molar-refractivity contribution in [2.75, 3.05) is 20.3 Å². The molecule has 0 radical (unpaired) electrons. The summed E-state index contributed by atoms with van der Waals surface area (Å²) in [4.78, 5) is 0. The Morgan fingerprint density at radius 2 is 2.27 bits per heavy atom. The number of nitrogens with one attached hydrogen (secondary N) is 1. The Balaban J connectivity index is 2.04. The maximum Gasteiger partial charge on any atom is 0.127 e. The molecule has 0 aliphatic carbocycles. The first-order valence-electron chi connectivity index (χ1n) is 5.28. The molecule has 2 rings (SSSR count). The third-order valence-electron chi connectivity index (χ3n) is 2.90. The molecule has 1 aromatic carbocycles. The van der Waals surface area contributed by atoms with Crippen LogP contribution in [0, 0.1) is 11.7 Å². The number of methoxy groups -OCH3 is 1. The van der Waals surface area contributed by atoms with Crippen molar-refractivity contribution in [1.82, 2.24) is 5.32 Å². The van der Waals surface area contributed by atoms with E-state index >= 15 is 0 Å². The lowest BCUT2D eigenvalue weighted by atomic mass is 10.0. The highest BCUT2D eigenvalue weighted by Crippen LogP contribution is 2.28. The highest BCUT2D eigenvalue weighted by Gasteiger charge is 2.26. The lowest BCUT2D eigenvalue weighted by Gasteiger charge is -2.11. The summed E-state index contributed by atoms with van der Waals surface area (Å²) in [5, 5.41) is 3.33. The van der Waals surface area contributed by atoms with Gasteiger partial charge in [0, 0.05) is 25.3 Å². The van der Waals surface area contributed by atoms with Crippen molar-refractivity contribution >= 4 is 0 Å². The van der Waals surface area contributed by atoms with Crippen LogP contribution in [0.25, 0.3) is 0 Å². The van der Waals surface area contributed by atoms with Gasteiger partial charge in [0.15, 0.2) is 0 Å². The lowest BCUT2D eigenvalue weighted by Crippen LogP contribution is -2.15. The SMILES string of the molecule is COCC1CNC(c2ccccc2F)C1. The van der Waals surface area contributed by atoms with Gasteiger partial charge in [-0.15, -0.1) is 0 Å². The van der Waals surface area contributed by atoms with Gasteiger partial charge in [0.1, 0.15) is 5.82 Å². The molecule has 0 spiro atoms. The van der Waals surface area contributed by atoms with E-state index in [1.54, 1.807) is 13.2 Å². The van der Waals surface area contributed by atoms with E-state index in [-0.39, 0.29) is 11.9 Å². The number of halogens is 1. The number of hydrogen-bond donors (Lipinski definition) is 1. The van der Waals surface area contributed by atoms with Crippen LogP contribution in [0.1, 0.15) is 18.0 Å². The Kier molecular flexibility index (Phi) is 3.34. The molecular weight excluding hydrogens is 193 g/mol. The van der Waals surface area contributed by atoms with Crippen molar-refractivity contribution in [3.05, 3.63) is 35.6 Å². The van der Waals surface area contributed by atoms with Crippen molar-refractivity contribution in [1.29, 1.82) is 0 Å². The highest BCUT2D eigenvalue weighted by molar-refractivity contribution is 5.22. The van der Waals surface area contributed by atoms with Crippen molar-refractivity contribution in [3.8, 4) is 0 Å². The minimum atomic E-state index is -0.118. The molecule has 0 amide bonds. The lowest BCUT2D eigenvalue weighted by molar-refractivity contribution is 0.159. The second kappa shape index (κ2) is 4.73. The molecule has 1 aliphatic heterocycles. The zero-order chi connectivity index (χ0) is 10.7. The van der Waals surface area contributed by atoms with E-state index in [1.165, 1.54) is 6.07 Å². The van der Waals surface area contributed by atoms with Gasteiger partial charge in [-0.1, -0.05) is 18.2 Å². The summed E-state index contributed by atoms with van der Waals surface area (Å²) >= 11 is 0. The van der Waals surface area contributed by atoms with E-state index in [2.05, 4.69) is 5.32 Å². The van der Waals surface area contributed by atoms with E-state index in [0.29, 0.717) is 5.92 Å². The average molecular weight is 209 g/mol. The second-order valence-electron chi connectivity index (χ2n) is 4.04. The van der Waals surface area contributed by atoms with Crippen LogP contribution in [0.4, 0.5) is 4.39 Å². The smallest absolute Gasteiger partial charge is 0.127 e. The van der Waals surface area contributed by atoms with Gasteiger partial charge in [0.05, 0.1) is 6.61 Å². The fourth-order valence-electron chi connectivity index (χ4n) is 2.17. The van der Waals surface area contributed by atoms with Crippen LogP contribution in [0.5, 0.6) is 0 Å². The minimum Gasteiger partial charge on any atom is -0.384 e. The molecule has 0 bridgehead atoms. The van der Waals surface area contributed by atoms with Crippen LogP contribution < -0.4 is 5.32 Å². The van der Waals surface area contributed by atoms with Gasteiger partial charge in [-0.2, -0.15) is 0 Å². The molecule has 82 valence electrons. The van der Waals surface area contributed by atoms with E-state index in [1.807, 2.05) is 12.1 Å². The Morgan fingerprint density at radius 1 is 1.47 bits per heavy atom. The van der Waals surface area contributed by atoms with Crippen molar-refractivity contribution in [3.63, 3.8) is 0 Å². The number of rotatable bonds is 3. The molecule has 1 aromatic rings. The molecule has 2 unspecified atom stereocenters. The quantitative estimate of drug-likeness (QED) is 0.823. The average Bonchev–Trinajstić information content (AvgIpc) is 2.68. The van der Waals surface area contributed by atoms with Crippen LogP contribution >= 0.6 is 0 Å². The molecule has 2 nitrogen and oxygen atoms in total. The van der Waals surface area contributed by atoms with Gasteiger partial charge in [0.25, 0.3) is 0 Å². The third kappa shape index (κ3) is 2.36. The number of benzene rings is 1. The van der Waals surface area contributed by atoms with E-state index < -0.39 is 0 Å². The molecule has 1 aliphatic rings. The van der Waals surface area contributed by atoms with Gasteiger partial charge in [-0.25, -0.2) is 4.39 Å². The minimum absolute atomic E-state index is 0.118. The first-order chi connectivity index (χ1) is 7.31. The molecule has 0 saturated carbocycles. The predicted molar refractivity (Wildman–Crippen MR) is 57.1 cm³/mol. The largest absolute Gasteiger partial charge is 0.384 e. The predicted octanol–water partition coefficient (Wildman–Crippen LogP) is 2.12. The summed E-state index contributed by atoms with van der Waals surface area (Å²) in [6.45, 7) is 1.66. The maximum absolute atomic E-state index is 13.5. The van der Waals surface area contributed by atoms with Gasteiger partial charge >= 0.3 is 0 Å². The zero-order valence-corrected chi connectivity index (χ0v) is 8.87. The van der Waals surface area contributed by atoms with Crippen LogP contribution in [0.2, 0.25) is 0 Å². The van der Waals surface area contributed by atoms with Crippen molar-refractivity contribution < 1.29 is 9.13 Å². The van der Waals surface area contributed by atoms with Gasteiger partial charge in [-0.3, -0.25) is 0 Å². The summed E-state index contributed by atoms with van der Waals surface area (Å²) in [5.74, 6) is 0.382. The highest BCUT2D eigenvalue weighted by atomic mass is 19.1. The molecular formula is C12H16FNO. The summed E-state index contributed by atoms with van der Waals surface area (Å²) in [5.41, 5.74) is 0.774.